The summed E-state index contributed by atoms with van der Waals surface area (Å²) in [5.74, 6) is 0.343. The molecule has 0 saturated heterocycles. The van der Waals surface area contributed by atoms with E-state index in [4.69, 9.17) is 0 Å². The van der Waals surface area contributed by atoms with Gasteiger partial charge in [0.2, 0.25) is 5.91 Å². The van der Waals surface area contributed by atoms with Gasteiger partial charge in [-0.05, 0) is 49.6 Å². The first-order valence-corrected chi connectivity index (χ1v) is 6.50. The largest absolute Gasteiger partial charge is 0.325 e. The molecule has 1 aromatic carbocycles. The molecule has 0 aliphatic heterocycles. The third-order valence-corrected chi connectivity index (χ3v) is 3.32. The molecule has 18 heavy (non-hydrogen) atoms. The van der Waals surface area contributed by atoms with Gasteiger partial charge in [-0.1, -0.05) is 12.8 Å². The van der Waals surface area contributed by atoms with Crippen LogP contribution in [0.1, 0.15) is 25.7 Å². The molecule has 0 radical (unpaired) electrons. The van der Waals surface area contributed by atoms with Crippen molar-refractivity contribution >= 4 is 11.6 Å². The predicted molar refractivity (Wildman–Crippen MR) is 69.9 cm³/mol. The van der Waals surface area contributed by atoms with Crippen molar-refractivity contribution in [2.24, 2.45) is 5.92 Å². The Hall–Kier alpha value is -1.42. The number of carbonyl (C=O) groups is 1. The molecule has 4 heteroatoms. The first kappa shape index (κ1) is 13.0. The lowest BCUT2D eigenvalue weighted by atomic mass is 10.1. The van der Waals surface area contributed by atoms with Crippen molar-refractivity contribution in [3.63, 3.8) is 0 Å². The Kier molecular flexibility index (Phi) is 4.70. The fourth-order valence-electron chi connectivity index (χ4n) is 2.34. The van der Waals surface area contributed by atoms with E-state index in [2.05, 4.69) is 10.6 Å². The van der Waals surface area contributed by atoms with E-state index in [9.17, 15) is 9.18 Å². The normalized spacial score (nSPS) is 15.8. The van der Waals surface area contributed by atoms with Crippen molar-refractivity contribution in [3.8, 4) is 0 Å². The zero-order chi connectivity index (χ0) is 12.8. The van der Waals surface area contributed by atoms with E-state index >= 15 is 0 Å². The first-order valence-electron chi connectivity index (χ1n) is 6.50. The fourth-order valence-corrected chi connectivity index (χ4v) is 2.34. The lowest BCUT2D eigenvalue weighted by Crippen LogP contribution is -2.31. The molecule has 0 unspecified atom stereocenters. The van der Waals surface area contributed by atoms with Crippen LogP contribution in [0.3, 0.4) is 0 Å². The molecule has 2 rings (SSSR count). The Morgan fingerprint density at radius 3 is 2.56 bits per heavy atom. The zero-order valence-corrected chi connectivity index (χ0v) is 10.4. The number of benzene rings is 1. The van der Waals surface area contributed by atoms with Gasteiger partial charge >= 0.3 is 0 Å². The van der Waals surface area contributed by atoms with Gasteiger partial charge in [0.15, 0.2) is 0 Å². The van der Waals surface area contributed by atoms with E-state index in [-0.39, 0.29) is 11.7 Å². The van der Waals surface area contributed by atoms with E-state index < -0.39 is 0 Å². The molecular formula is C14H19FN2O. The third-order valence-electron chi connectivity index (χ3n) is 3.32. The van der Waals surface area contributed by atoms with Gasteiger partial charge in [-0.25, -0.2) is 4.39 Å². The number of nitrogens with one attached hydrogen (secondary N) is 2. The van der Waals surface area contributed by atoms with E-state index in [1.807, 2.05) is 0 Å². The zero-order valence-electron chi connectivity index (χ0n) is 10.4. The number of amides is 1. The highest BCUT2D eigenvalue weighted by atomic mass is 19.1. The molecule has 1 aromatic rings. The maximum Gasteiger partial charge on any atom is 0.238 e. The summed E-state index contributed by atoms with van der Waals surface area (Å²) in [6.07, 6.45) is 5.17. The Morgan fingerprint density at radius 1 is 1.22 bits per heavy atom. The van der Waals surface area contributed by atoms with Crippen molar-refractivity contribution < 1.29 is 9.18 Å². The van der Waals surface area contributed by atoms with E-state index in [0.717, 1.165) is 12.5 Å². The van der Waals surface area contributed by atoms with Gasteiger partial charge in [-0.15, -0.1) is 0 Å². The van der Waals surface area contributed by atoms with Gasteiger partial charge in [0.25, 0.3) is 0 Å². The Morgan fingerprint density at radius 2 is 1.89 bits per heavy atom. The standard InChI is InChI=1S/C14H19FN2O/c15-12-5-7-13(8-6-12)17-14(18)10-16-9-11-3-1-2-4-11/h5-8,11,16H,1-4,9-10H2,(H,17,18). The average Bonchev–Trinajstić information content (AvgIpc) is 2.85. The molecule has 1 fully saturated rings. The molecular weight excluding hydrogens is 231 g/mol. The van der Waals surface area contributed by atoms with Crippen LogP contribution < -0.4 is 10.6 Å². The Balaban J connectivity index is 1.66. The summed E-state index contributed by atoms with van der Waals surface area (Å²) in [6, 6.07) is 5.79. The Bertz CT molecular complexity index is 385. The highest BCUT2D eigenvalue weighted by Crippen LogP contribution is 2.23. The lowest BCUT2D eigenvalue weighted by molar-refractivity contribution is -0.115. The van der Waals surface area contributed by atoms with Crippen molar-refractivity contribution in [1.82, 2.24) is 5.32 Å². The number of carbonyl (C=O) groups excluding carboxylic acids is 1. The van der Waals surface area contributed by atoms with Gasteiger partial charge in [0.1, 0.15) is 5.82 Å². The number of anilines is 1. The van der Waals surface area contributed by atoms with Gasteiger partial charge in [-0.2, -0.15) is 0 Å². The summed E-state index contributed by atoms with van der Waals surface area (Å²) in [4.78, 5) is 11.6. The monoisotopic (exact) mass is 250 g/mol. The van der Waals surface area contributed by atoms with Crippen LogP contribution in [0.2, 0.25) is 0 Å². The van der Waals surface area contributed by atoms with E-state index in [0.29, 0.717) is 12.2 Å². The molecule has 1 aliphatic carbocycles. The van der Waals surface area contributed by atoms with Gasteiger partial charge in [-0.3, -0.25) is 4.79 Å². The molecule has 0 aromatic heterocycles. The molecule has 0 heterocycles. The van der Waals surface area contributed by atoms with Crippen LogP contribution in [0.25, 0.3) is 0 Å². The maximum absolute atomic E-state index is 12.7. The minimum atomic E-state index is -0.299. The molecule has 1 saturated carbocycles. The molecule has 1 amide bonds. The second kappa shape index (κ2) is 6.50. The third kappa shape index (κ3) is 4.11. The molecule has 0 bridgehead atoms. The van der Waals surface area contributed by atoms with Crippen LogP contribution in [0.15, 0.2) is 24.3 Å². The summed E-state index contributed by atoms with van der Waals surface area (Å²) >= 11 is 0. The molecule has 3 nitrogen and oxygen atoms in total. The minimum Gasteiger partial charge on any atom is -0.325 e. The van der Waals surface area contributed by atoms with E-state index in [1.54, 1.807) is 12.1 Å². The number of hydrogen-bond donors (Lipinski definition) is 2. The number of rotatable bonds is 5. The predicted octanol–water partition coefficient (Wildman–Crippen LogP) is 2.54. The average molecular weight is 250 g/mol. The molecule has 98 valence electrons. The number of hydrogen-bond acceptors (Lipinski definition) is 2. The van der Waals surface area contributed by atoms with E-state index in [1.165, 1.54) is 37.8 Å². The molecule has 2 N–H and O–H groups in total. The highest BCUT2D eigenvalue weighted by Gasteiger charge is 2.14. The molecule has 0 atom stereocenters. The Labute approximate surface area is 107 Å². The second-order valence-electron chi connectivity index (χ2n) is 4.84. The first-order chi connectivity index (χ1) is 8.74. The summed E-state index contributed by atoms with van der Waals surface area (Å²) in [5, 5.41) is 5.90. The van der Waals surface area contributed by atoms with Crippen LogP contribution in [-0.2, 0) is 4.79 Å². The van der Waals surface area contributed by atoms with Crippen LogP contribution in [0, 0.1) is 11.7 Å². The van der Waals surface area contributed by atoms with Gasteiger partial charge in [0.05, 0.1) is 6.54 Å². The fraction of sp³-hybridized carbons (Fsp3) is 0.500. The smallest absolute Gasteiger partial charge is 0.238 e. The second-order valence-corrected chi connectivity index (χ2v) is 4.84. The summed E-state index contributed by atoms with van der Waals surface area (Å²) in [5.41, 5.74) is 0.629. The summed E-state index contributed by atoms with van der Waals surface area (Å²) in [6.45, 7) is 1.23. The maximum atomic E-state index is 12.7. The summed E-state index contributed by atoms with van der Waals surface area (Å²) in [7, 11) is 0. The molecule has 0 spiro atoms. The van der Waals surface area contributed by atoms with Crippen LogP contribution in [-0.4, -0.2) is 19.0 Å². The lowest BCUT2D eigenvalue weighted by Gasteiger charge is -2.10. The molecule has 1 aliphatic rings. The van der Waals surface area contributed by atoms with Crippen LogP contribution in [0.5, 0.6) is 0 Å². The van der Waals surface area contributed by atoms with Crippen LogP contribution >= 0.6 is 0 Å². The van der Waals surface area contributed by atoms with Crippen molar-refractivity contribution in [1.29, 1.82) is 0 Å². The highest BCUT2D eigenvalue weighted by molar-refractivity contribution is 5.92. The van der Waals surface area contributed by atoms with Gasteiger partial charge < -0.3 is 10.6 Å². The van der Waals surface area contributed by atoms with Crippen molar-refractivity contribution in [3.05, 3.63) is 30.1 Å². The minimum absolute atomic E-state index is 0.0837. The van der Waals surface area contributed by atoms with Crippen molar-refractivity contribution in [2.45, 2.75) is 25.7 Å². The SMILES string of the molecule is O=C(CNCC1CCCC1)Nc1ccc(F)cc1. The quantitative estimate of drug-likeness (QED) is 0.843. The van der Waals surface area contributed by atoms with Gasteiger partial charge in [0, 0.05) is 5.69 Å². The summed E-state index contributed by atoms with van der Waals surface area (Å²) < 4.78 is 12.7. The number of halogens is 1. The van der Waals surface area contributed by atoms with Crippen molar-refractivity contribution in [2.75, 3.05) is 18.4 Å². The van der Waals surface area contributed by atoms with Crippen LogP contribution in [0.4, 0.5) is 10.1 Å². The topological polar surface area (TPSA) is 41.1 Å².